The molecule has 0 saturated carbocycles. The largest absolute Gasteiger partial charge is 0.392 e. The van der Waals surface area contributed by atoms with Crippen molar-refractivity contribution in [3.8, 4) is 0 Å². The minimum Gasteiger partial charge on any atom is -0.392 e. The average Bonchev–Trinajstić information content (AvgIpc) is 3.33. The number of aliphatic hydroxyl groups excluding tert-OH is 1. The molecule has 27 heavy (non-hydrogen) atoms. The fourth-order valence-corrected chi connectivity index (χ4v) is 3.85. The van der Waals surface area contributed by atoms with E-state index in [9.17, 15) is 4.79 Å². The number of hydrogen-bond acceptors (Lipinski definition) is 3. The lowest BCUT2D eigenvalue weighted by Crippen LogP contribution is -2.29. The Morgan fingerprint density at radius 1 is 1.15 bits per heavy atom. The first kappa shape index (κ1) is 17.7. The number of aromatic nitrogens is 2. The molecule has 0 radical (unpaired) electrons. The van der Waals surface area contributed by atoms with Gasteiger partial charge in [0, 0.05) is 25.9 Å². The molecule has 5 heteroatoms. The van der Waals surface area contributed by atoms with Gasteiger partial charge in [-0.15, -0.1) is 0 Å². The number of para-hydroxylation sites is 2. The number of amides is 1. The molecule has 1 fully saturated rings. The summed E-state index contributed by atoms with van der Waals surface area (Å²) >= 11 is 0. The van der Waals surface area contributed by atoms with Gasteiger partial charge in [0.2, 0.25) is 5.91 Å². The van der Waals surface area contributed by atoms with Crippen LogP contribution >= 0.6 is 0 Å². The predicted molar refractivity (Wildman–Crippen MR) is 105 cm³/mol. The number of aliphatic hydroxyl groups is 1. The average molecular weight is 363 g/mol. The Bertz CT molecular complexity index is 884. The van der Waals surface area contributed by atoms with Crippen molar-refractivity contribution < 1.29 is 9.90 Å². The molecule has 3 aromatic rings. The molecule has 4 rings (SSSR count). The van der Waals surface area contributed by atoms with Crippen molar-refractivity contribution >= 4 is 16.9 Å². The fraction of sp³-hybridized carbons (Fsp3) is 0.364. The van der Waals surface area contributed by atoms with Crippen LogP contribution in [-0.4, -0.2) is 39.0 Å². The minimum atomic E-state index is 0.0806. The summed E-state index contributed by atoms with van der Waals surface area (Å²) in [7, 11) is 0. The molecule has 1 aliphatic rings. The van der Waals surface area contributed by atoms with Crippen LogP contribution < -0.4 is 0 Å². The number of aromatic amines is 1. The second-order valence-corrected chi connectivity index (χ2v) is 7.37. The zero-order valence-electron chi connectivity index (χ0n) is 15.4. The summed E-state index contributed by atoms with van der Waals surface area (Å²) in [5, 5.41) is 9.13. The van der Waals surface area contributed by atoms with Crippen molar-refractivity contribution in [2.45, 2.75) is 32.3 Å². The molecule has 1 atom stereocenters. The molecular weight excluding hydrogens is 338 g/mol. The summed E-state index contributed by atoms with van der Waals surface area (Å²) in [5.74, 6) is 1.61. The number of rotatable bonds is 6. The van der Waals surface area contributed by atoms with Gasteiger partial charge in [-0.25, -0.2) is 4.98 Å². The SMILES string of the molecule is O=C(CCc1nc2ccccc2[nH]1)N1CC[C@@H](Cc2ccc(CO)cc2)C1. The lowest BCUT2D eigenvalue weighted by atomic mass is 9.98. The van der Waals surface area contributed by atoms with E-state index in [0.717, 1.165) is 48.4 Å². The van der Waals surface area contributed by atoms with Gasteiger partial charge in [-0.1, -0.05) is 36.4 Å². The number of H-pyrrole nitrogens is 1. The van der Waals surface area contributed by atoms with Crippen molar-refractivity contribution in [2.24, 2.45) is 5.92 Å². The number of fused-ring (bicyclic) bond motifs is 1. The molecule has 0 unspecified atom stereocenters. The van der Waals surface area contributed by atoms with Crippen molar-refractivity contribution in [1.29, 1.82) is 0 Å². The molecule has 1 aliphatic heterocycles. The third-order valence-corrected chi connectivity index (χ3v) is 5.38. The first-order valence-electron chi connectivity index (χ1n) is 9.61. The Labute approximate surface area is 159 Å². The molecule has 2 N–H and O–H groups in total. The van der Waals surface area contributed by atoms with Crippen molar-refractivity contribution in [1.82, 2.24) is 14.9 Å². The van der Waals surface area contributed by atoms with Gasteiger partial charge in [-0.05, 0) is 42.0 Å². The van der Waals surface area contributed by atoms with Crippen LogP contribution in [0.1, 0.15) is 29.8 Å². The maximum absolute atomic E-state index is 12.6. The van der Waals surface area contributed by atoms with Crippen LogP contribution in [0.2, 0.25) is 0 Å². The normalized spacial score (nSPS) is 16.9. The number of benzene rings is 2. The maximum atomic E-state index is 12.6. The number of nitrogens with one attached hydrogen (secondary N) is 1. The van der Waals surface area contributed by atoms with E-state index < -0.39 is 0 Å². The van der Waals surface area contributed by atoms with Gasteiger partial charge in [0.1, 0.15) is 5.82 Å². The molecule has 140 valence electrons. The quantitative estimate of drug-likeness (QED) is 0.707. The van der Waals surface area contributed by atoms with Crippen LogP contribution in [0.4, 0.5) is 0 Å². The van der Waals surface area contributed by atoms with E-state index in [4.69, 9.17) is 5.11 Å². The van der Waals surface area contributed by atoms with Crippen molar-refractivity contribution in [2.75, 3.05) is 13.1 Å². The molecule has 2 aromatic carbocycles. The van der Waals surface area contributed by atoms with Crippen LogP contribution in [0, 0.1) is 5.92 Å². The highest BCUT2D eigenvalue weighted by Gasteiger charge is 2.26. The van der Waals surface area contributed by atoms with E-state index >= 15 is 0 Å². The molecule has 0 aliphatic carbocycles. The predicted octanol–water partition coefficient (Wildman–Crippen LogP) is 3.08. The Kier molecular flexibility index (Phi) is 5.21. The van der Waals surface area contributed by atoms with Crippen molar-refractivity contribution in [3.63, 3.8) is 0 Å². The van der Waals surface area contributed by atoms with Gasteiger partial charge >= 0.3 is 0 Å². The highest BCUT2D eigenvalue weighted by molar-refractivity contribution is 5.77. The number of nitrogens with zero attached hydrogens (tertiary/aromatic N) is 2. The number of aryl methyl sites for hydroxylation is 1. The number of carbonyl (C=O) groups is 1. The van der Waals surface area contributed by atoms with Gasteiger partial charge < -0.3 is 15.0 Å². The summed E-state index contributed by atoms with van der Waals surface area (Å²) in [6.07, 6.45) is 3.19. The van der Waals surface area contributed by atoms with Gasteiger partial charge in [0.15, 0.2) is 0 Å². The fourth-order valence-electron chi connectivity index (χ4n) is 3.85. The number of hydrogen-bond donors (Lipinski definition) is 2. The molecule has 0 bridgehead atoms. The highest BCUT2D eigenvalue weighted by Crippen LogP contribution is 2.22. The van der Waals surface area contributed by atoms with Crippen LogP contribution in [0.15, 0.2) is 48.5 Å². The number of imidazole rings is 1. The number of likely N-dealkylation sites (tertiary alicyclic amines) is 1. The number of carbonyl (C=O) groups excluding carboxylic acids is 1. The zero-order chi connectivity index (χ0) is 18.6. The molecule has 1 saturated heterocycles. The monoisotopic (exact) mass is 363 g/mol. The summed E-state index contributed by atoms with van der Waals surface area (Å²) in [6, 6.07) is 16.1. The molecule has 0 spiro atoms. The topological polar surface area (TPSA) is 69.2 Å². The van der Waals surface area contributed by atoms with Crippen LogP contribution in [0.3, 0.4) is 0 Å². The summed E-state index contributed by atoms with van der Waals surface area (Å²) in [6.45, 7) is 1.76. The second kappa shape index (κ2) is 7.92. The zero-order valence-corrected chi connectivity index (χ0v) is 15.4. The second-order valence-electron chi connectivity index (χ2n) is 7.37. The van der Waals surface area contributed by atoms with E-state index in [-0.39, 0.29) is 12.5 Å². The van der Waals surface area contributed by atoms with E-state index in [1.807, 2.05) is 41.3 Å². The summed E-state index contributed by atoms with van der Waals surface area (Å²) in [5.41, 5.74) is 4.18. The van der Waals surface area contributed by atoms with E-state index in [2.05, 4.69) is 22.1 Å². The molecule has 1 aromatic heterocycles. The standard InChI is InChI=1S/C22H25N3O2/c26-15-17-7-5-16(6-8-17)13-18-11-12-25(14-18)22(27)10-9-21-23-19-3-1-2-4-20(19)24-21/h1-8,18,26H,9-15H2,(H,23,24)/t18-/m0/s1. The van der Waals surface area contributed by atoms with Crippen molar-refractivity contribution in [3.05, 3.63) is 65.5 Å². The first-order valence-corrected chi connectivity index (χ1v) is 9.61. The van der Waals surface area contributed by atoms with Gasteiger partial charge in [0.25, 0.3) is 0 Å². The Morgan fingerprint density at radius 2 is 1.93 bits per heavy atom. The Morgan fingerprint density at radius 3 is 2.70 bits per heavy atom. The minimum absolute atomic E-state index is 0.0806. The Balaban J connectivity index is 1.28. The summed E-state index contributed by atoms with van der Waals surface area (Å²) < 4.78 is 0. The van der Waals surface area contributed by atoms with Crippen LogP contribution in [-0.2, 0) is 24.2 Å². The first-order chi connectivity index (χ1) is 13.2. The van der Waals surface area contributed by atoms with Gasteiger partial charge in [-0.3, -0.25) is 4.79 Å². The van der Waals surface area contributed by atoms with E-state index in [1.54, 1.807) is 0 Å². The third kappa shape index (κ3) is 4.19. The van der Waals surface area contributed by atoms with Gasteiger partial charge in [-0.2, -0.15) is 0 Å². The van der Waals surface area contributed by atoms with Gasteiger partial charge in [0.05, 0.1) is 17.6 Å². The lowest BCUT2D eigenvalue weighted by Gasteiger charge is -2.16. The molecular formula is C22H25N3O2. The van der Waals surface area contributed by atoms with E-state index in [1.165, 1.54) is 5.56 Å². The van der Waals surface area contributed by atoms with Crippen LogP contribution in [0.25, 0.3) is 11.0 Å². The Hall–Kier alpha value is -2.66. The summed E-state index contributed by atoms with van der Waals surface area (Å²) in [4.78, 5) is 22.4. The van der Waals surface area contributed by atoms with E-state index in [0.29, 0.717) is 18.8 Å². The lowest BCUT2D eigenvalue weighted by molar-refractivity contribution is -0.130. The third-order valence-electron chi connectivity index (χ3n) is 5.38. The molecule has 1 amide bonds. The van der Waals surface area contributed by atoms with Crippen LogP contribution in [0.5, 0.6) is 0 Å². The maximum Gasteiger partial charge on any atom is 0.223 e. The highest BCUT2D eigenvalue weighted by atomic mass is 16.3. The smallest absolute Gasteiger partial charge is 0.223 e. The molecule has 5 nitrogen and oxygen atoms in total. The molecule has 2 heterocycles.